The zero-order valence-corrected chi connectivity index (χ0v) is 13.7. The van der Waals surface area contributed by atoms with Gasteiger partial charge in [-0.1, -0.05) is 0 Å². The average Bonchev–Trinajstić information content (AvgIpc) is 2.62. The Hall–Kier alpha value is -3.53. The van der Waals surface area contributed by atoms with Crippen LogP contribution in [0.2, 0.25) is 0 Å². The summed E-state index contributed by atoms with van der Waals surface area (Å²) in [6, 6.07) is 9.15. The van der Waals surface area contributed by atoms with Crippen LogP contribution >= 0.6 is 0 Å². The molecular formula is C16H15N3O7. The SMILES string of the molecule is COCCOc1ccc(NC(=O)c2cc([N+](=O)[O-])cc([N+](=O)[O-])c2)cc1. The highest BCUT2D eigenvalue weighted by molar-refractivity contribution is 6.05. The molecule has 0 aliphatic rings. The molecule has 0 saturated heterocycles. The van der Waals surface area contributed by atoms with E-state index in [1.165, 1.54) is 0 Å². The van der Waals surface area contributed by atoms with Crippen LogP contribution in [0.3, 0.4) is 0 Å². The maximum absolute atomic E-state index is 12.3. The molecule has 0 radical (unpaired) electrons. The highest BCUT2D eigenvalue weighted by atomic mass is 16.6. The number of amides is 1. The topological polar surface area (TPSA) is 134 Å². The largest absolute Gasteiger partial charge is 0.491 e. The molecule has 136 valence electrons. The molecule has 0 fully saturated rings. The van der Waals surface area contributed by atoms with Crippen molar-refractivity contribution in [2.75, 3.05) is 25.6 Å². The predicted molar refractivity (Wildman–Crippen MR) is 91.5 cm³/mol. The van der Waals surface area contributed by atoms with Gasteiger partial charge in [-0.05, 0) is 24.3 Å². The number of benzene rings is 2. The van der Waals surface area contributed by atoms with Gasteiger partial charge in [-0.15, -0.1) is 0 Å². The van der Waals surface area contributed by atoms with E-state index < -0.39 is 27.1 Å². The van der Waals surface area contributed by atoms with Gasteiger partial charge in [-0.25, -0.2) is 0 Å². The van der Waals surface area contributed by atoms with Crippen LogP contribution < -0.4 is 10.1 Å². The van der Waals surface area contributed by atoms with E-state index in [9.17, 15) is 25.0 Å². The molecule has 1 N–H and O–H groups in total. The Morgan fingerprint density at radius 3 is 2.08 bits per heavy atom. The van der Waals surface area contributed by atoms with Crippen molar-refractivity contribution in [2.45, 2.75) is 0 Å². The summed E-state index contributed by atoms with van der Waals surface area (Å²) in [5.41, 5.74) is -0.855. The number of hydrogen-bond acceptors (Lipinski definition) is 7. The molecule has 0 bridgehead atoms. The lowest BCUT2D eigenvalue weighted by Gasteiger charge is -2.08. The molecule has 2 rings (SSSR count). The number of nitro groups is 2. The van der Waals surface area contributed by atoms with Gasteiger partial charge >= 0.3 is 0 Å². The van der Waals surface area contributed by atoms with E-state index in [-0.39, 0.29) is 5.56 Å². The minimum atomic E-state index is -0.796. The third-order valence-electron chi connectivity index (χ3n) is 3.25. The van der Waals surface area contributed by atoms with Gasteiger partial charge in [0.15, 0.2) is 0 Å². The molecule has 0 spiro atoms. The summed E-state index contributed by atoms with van der Waals surface area (Å²) in [6.07, 6.45) is 0. The predicted octanol–water partition coefficient (Wildman–Crippen LogP) is 2.78. The van der Waals surface area contributed by atoms with Crippen molar-refractivity contribution in [3.05, 3.63) is 68.3 Å². The van der Waals surface area contributed by atoms with Gasteiger partial charge in [0.25, 0.3) is 17.3 Å². The fraction of sp³-hybridized carbons (Fsp3) is 0.188. The highest BCUT2D eigenvalue weighted by Crippen LogP contribution is 2.24. The van der Waals surface area contributed by atoms with Crippen molar-refractivity contribution in [3.8, 4) is 5.75 Å². The number of ether oxygens (including phenoxy) is 2. The quantitative estimate of drug-likeness (QED) is 0.434. The molecule has 26 heavy (non-hydrogen) atoms. The Morgan fingerprint density at radius 2 is 1.58 bits per heavy atom. The second kappa shape index (κ2) is 8.53. The number of nitrogens with one attached hydrogen (secondary N) is 1. The maximum atomic E-state index is 12.3. The number of rotatable bonds is 8. The van der Waals surface area contributed by atoms with E-state index in [4.69, 9.17) is 9.47 Å². The van der Waals surface area contributed by atoms with Crippen LogP contribution in [0, 0.1) is 20.2 Å². The summed E-state index contributed by atoms with van der Waals surface area (Å²) < 4.78 is 10.3. The van der Waals surface area contributed by atoms with E-state index in [0.29, 0.717) is 24.7 Å². The number of carbonyl (C=O) groups is 1. The molecule has 0 aromatic heterocycles. The monoisotopic (exact) mass is 361 g/mol. The van der Waals surface area contributed by atoms with Crippen molar-refractivity contribution in [1.29, 1.82) is 0 Å². The zero-order valence-electron chi connectivity index (χ0n) is 13.7. The molecule has 0 unspecified atom stereocenters. The third kappa shape index (κ3) is 4.98. The Labute approximate surface area is 147 Å². The Kier molecular flexibility index (Phi) is 6.17. The van der Waals surface area contributed by atoms with E-state index >= 15 is 0 Å². The van der Waals surface area contributed by atoms with Crippen LogP contribution in [0.4, 0.5) is 17.1 Å². The summed E-state index contributed by atoms with van der Waals surface area (Å²) >= 11 is 0. The van der Waals surface area contributed by atoms with E-state index in [0.717, 1.165) is 18.2 Å². The normalized spacial score (nSPS) is 10.2. The highest BCUT2D eigenvalue weighted by Gasteiger charge is 2.20. The molecular weight excluding hydrogens is 346 g/mol. The van der Waals surface area contributed by atoms with E-state index in [1.807, 2.05) is 0 Å². The lowest BCUT2D eigenvalue weighted by Crippen LogP contribution is -2.12. The lowest BCUT2D eigenvalue weighted by molar-refractivity contribution is -0.394. The summed E-state index contributed by atoms with van der Waals surface area (Å²) in [4.78, 5) is 32.4. The molecule has 0 heterocycles. The first kappa shape index (κ1) is 18.8. The number of nitro benzene ring substituents is 2. The van der Waals surface area contributed by atoms with Gasteiger partial charge in [0, 0.05) is 24.9 Å². The van der Waals surface area contributed by atoms with Gasteiger partial charge < -0.3 is 14.8 Å². The fourth-order valence-corrected chi connectivity index (χ4v) is 2.02. The van der Waals surface area contributed by atoms with E-state index in [1.54, 1.807) is 31.4 Å². The number of non-ortho nitro benzene ring substituents is 2. The Balaban J connectivity index is 2.14. The lowest BCUT2D eigenvalue weighted by atomic mass is 10.1. The standard InChI is InChI=1S/C16H15N3O7/c1-25-6-7-26-15-4-2-12(3-5-15)17-16(20)11-8-13(18(21)22)10-14(9-11)19(23)24/h2-5,8-10H,6-7H2,1H3,(H,17,20). The first-order chi connectivity index (χ1) is 12.4. The van der Waals surface area contributed by atoms with Crippen LogP contribution in [0.25, 0.3) is 0 Å². The van der Waals surface area contributed by atoms with Gasteiger partial charge in [0.1, 0.15) is 12.4 Å². The van der Waals surface area contributed by atoms with Crippen LogP contribution in [0.1, 0.15) is 10.4 Å². The van der Waals surface area contributed by atoms with Gasteiger partial charge in [-0.3, -0.25) is 25.0 Å². The molecule has 10 heteroatoms. The number of anilines is 1. The molecule has 2 aromatic rings. The second-order valence-corrected chi connectivity index (χ2v) is 5.07. The van der Waals surface area contributed by atoms with Crippen LogP contribution in [-0.4, -0.2) is 36.1 Å². The fourth-order valence-electron chi connectivity index (χ4n) is 2.02. The van der Waals surface area contributed by atoms with Crippen molar-refractivity contribution in [3.63, 3.8) is 0 Å². The first-order valence-electron chi connectivity index (χ1n) is 7.37. The molecule has 0 atom stereocenters. The summed E-state index contributed by atoms with van der Waals surface area (Å²) in [5.74, 6) is -0.129. The van der Waals surface area contributed by atoms with Crippen LogP contribution in [-0.2, 0) is 4.74 Å². The van der Waals surface area contributed by atoms with Gasteiger partial charge in [0.05, 0.1) is 28.1 Å². The van der Waals surface area contributed by atoms with Crippen molar-refractivity contribution in [1.82, 2.24) is 0 Å². The maximum Gasteiger partial charge on any atom is 0.277 e. The van der Waals surface area contributed by atoms with Crippen molar-refractivity contribution < 1.29 is 24.1 Å². The number of methoxy groups -OCH3 is 1. The molecule has 10 nitrogen and oxygen atoms in total. The Bertz CT molecular complexity index is 789. The molecule has 0 aliphatic heterocycles. The van der Waals surface area contributed by atoms with Gasteiger partial charge in [0.2, 0.25) is 0 Å². The van der Waals surface area contributed by atoms with Crippen molar-refractivity contribution >= 4 is 23.0 Å². The summed E-state index contributed by atoms with van der Waals surface area (Å²) in [7, 11) is 1.56. The molecule has 2 aromatic carbocycles. The van der Waals surface area contributed by atoms with Crippen LogP contribution in [0.15, 0.2) is 42.5 Å². The third-order valence-corrected chi connectivity index (χ3v) is 3.25. The molecule has 1 amide bonds. The van der Waals surface area contributed by atoms with Crippen molar-refractivity contribution in [2.24, 2.45) is 0 Å². The molecule has 0 saturated carbocycles. The minimum absolute atomic E-state index is 0.189. The Morgan fingerprint density at radius 1 is 1.00 bits per heavy atom. The first-order valence-corrected chi connectivity index (χ1v) is 7.37. The number of nitrogens with zero attached hydrogens (tertiary/aromatic N) is 2. The summed E-state index contributed by atoms with van der Waals surface area (Å²) in [6.45, 7) is 0.809. The summed E-state index contributed by atoms with van der Waals surface area (Å²) in [5, 5.41) is 24.3. The molecule has 0 aliphatic carbocycles. The second-order valence-electron chi connectivity index (χ2n) is 5.07. The smallest absolute Gasteiger partial charge is 0.277 e. The minimum Gasteiger partial charge on any atom is -0.491 e. The average molecular weight is 361 g/mol. The van der Waals surface area contributed by atoms with Gasteiger partial charge in [-0.2, -0.15) is 0 Å². The number of hydrogen-bond donors (Lipinski definition) is 1. The van der Waals surface area contributed by atoms with E-state index in [2.05, 4.69) is 5.32 Å². The zero-order chi connectivity index (χ0) is 19.1. The number of carbonyl (C=O) groups excluding carboxylic acids is 1. The van der Waals surface area contributed by atoms with Crippen LogP contribution in [0.5, 0.6) is 5.75 Å².